The molecule has 1 aromatic heterocycles. The second-order valence-electron chi connectivity index (χ2n) is 7.70. The number of nitrogens with zero attached hydrogens (tertiary/aromatic N) is 3. The van der Waals surface area contributed by atoms with Crippen molar-refractivity contribution in [3.05, 3.63) is 56.9 Å². The second-order valence-corrected chi connectivity index (χ2v) is 9.64. The smallest absolute Gasteiger partial charge is 0.340 e. The summed E-state index contributed by atoms with van der Waals surface area (Å²) in [4.78, 5) is 40.1. The van der Waals surface area contributed by atoms with Crippen molar-refractivity contribution in [3.63, 3.8) is 0 Å². The highest BCUT2D eigenvalue weighted by Gasteiger charge is 2.33. The Labute approximate surface area is 196 Å². The molecule has 0 bridgehead atoms. The number of rotatable bonds is 8. The lowest BCUT2D eigenvalue weighted by molar-refractivity contribution is -0.385. The molecule has 1 N–H and O–H groups in total. The van der Waals surface area contributed by atoms with Crippen LogP contribution in [0.4, 0.5) is 5.69 Å². The molecule has 12 nitrogen and oxygen atoms in total. The molecule has 3 rings (SSSR count). The Bertz CT molecular complexity index is 1200. The molecule has 0 spiro atoms. The van der Waals surface area contributed by atoms with Crippen LogP contribution in [0.15, 0.2) is 29.2 Å². The lowest BCUT2D eigenvalue weighted by Crippen LogP contribution is -2.50. The monoisotopic (exact) mass is 494 g/mol. The average molecular weight is 495 g/mol. The third-order valence-electron chi connectivity index (χ3n) is 5.57. The minimum atomic E-state index is -3.95. The number of methoxy groups -OCH3 is 1. The molecular weight excluding hydrogens is 468 g/mol. The van der Waals surface area contributed by atoms with E-state index in [9.17, 15) is 28.1 Å². The maximum Gasteiger partial charge on any atom is 0.340 e. The van der Waals surface area contributed by atoms with Gasteiger partial charge in [0.05, 0.1) is 22.0 Å². The van der Waals surface area contributed by atoms with Crippen molar-refractivity contribution < 1.29 is 32.4 Å². The lowest BCUT2D eigenvalue weighted by atomic mass is 10.1. The zero-order valence-corrected chi connectivity index (χ0v) is 19.9. The second kappa shape index (κ2) is 10.3. The molecule has 1 aromatic carbocycles. The Hall–Kier alpha value is -3.29. The highest BCUT2D eigenvalue weighted by atomic mass is 32.2. The van der Waals surface area contributed by atoms with Gasteiger partial charge in [0, 0.05) is 51.1 Å². The molecule has 1 aliphatic rings. The number of hydrogen-bond donors (Lipinski definition) is 1. The van der Waals surface area contributed by atoms with E-state index in [-0.39, 0.29) is 67.1 Å². The number of sulfonamides is 1. The van der Waals surface area contributed by atoms with Gasteiger partial charge in [-0.05, 0) is 25.5 Å². The predicted molar refractivity (Wildman–Crippen MR) is 120 cm³/mol. The molecule has 184 valence electrons. The van der Waals surface area contributed by atoms with E-state index in [0.717, 1.165) is 6.07 Å². The van der Waals surface area contributed by atoms with Crippen LogP contribution in [0, 0.1) is 24.0 Å². The minimum absolute atomic E-state index is 0.0292. The summed E-state index contributed by atoms with van der Waals surface area (Å²) in [5.74, 6) is -0.917. The average Bonchev–Trinajstić information content (AvgIpc) is 3.12. The molecule has 2 aromatic rings. The standard InChI is InChI=1S/C21H26N4O8S/c1-14-18(21(27)33-12-11-32-3)15(2)22-19(14)20(26)23-7-9-24(10-8-23)34(30,31)17-6-4-5-16(13-17)25(28)29/h4-6,13,22H,7-12H2,1-3H3. The number of hydrogen-bond acceptors (Lipinski definition) is 8. The third-order valence-corrected chi connectivity index (χ3v) is 7.46. The maximum atomic E-state index is 13.1. The van der Waals surface area contributed by atoms with Crippen molar-refractivity contribution in [2.24, 2.45) is 0 Å². The molecule has 1 saturated heterocycles. The van der Waals surface area contributed by atoms with E-state index in [0.29, 0.717) is 11.3 Å². The van der Waals surface area contributed by atoms with Crippen molar-refractivity contribution in [2.45, 2.75) is 18.7 Å². The first-order valence-corrected chi connectivity index (χ1v) is 11.9. The normalized spacial score (nSPS) is 14.7. The number of esters is 1. The molecule has 0 unspecified atom stereocenters. The predicted octanol–water partition coefficient (Wildman–Crippen LogP) is 1.49. The topological polar surface area (TPSA) is 152 Å². The number of carbonyl (C=O) groups excluding carboxylic acids is 2. The molecule has 0 radical (unpaired) electrons. The molecular formula is C21H26N4O8S. The molecule has 1 aliphatic heterocycles. The first kappa shape index (κ1) is 25.3. The Morgan fingerprint density at radius 1 is 1.15 bits per heavy atom. The molecule has 13 heteroatoms. The number of ether oxygens (including phenoxy) is 2. The summed E-state index contributed by atoms with van der Waals surface area (Å²) in [6.45, 7) is 3.96. The van der Waals surface area contributed by atoms with E-state index in [2.05, 4.69) is 4.98 Å². The number of H-pyrrole nitrogens is 1. The Morgan fingerprint density at radius 2 is 1.82 bits per heavy atom. The van der Waals surface area contributed by atoms with Gasteiger partial charge >= 0.3 is 5.97 Å². The maximum absolute atomic E-state index is 13.1. The fourth-order valence-electron chi connectivity index (χ4n) is 3.76. The minimum Gasteiger partial charge on any atom is -0.460 e. The summed E-state index contributed by atoms with van der Waals surface area (Å²) in [5, 5.41) is 11.0. The number of nitro benzene ring substituents is 1. The van der Waals surface area contributed by atoms with Crippen LogP contribution in [0.3, 0.4) is 0 Å². The Balaban J connectivity index is 1.70. The number of nitro groups is 1. The SMILES string of the molecule is COCCOC(=O)c1c(C)[nH]c(C(=O)N2CCN(S(=O)(=O)c3cccc([N+](=O)[O-])c3)CC2)c1C. The van der Waals surface area contributed by atoms with Crippen LogP contribution in [0.25, 0.3) is 0 Å². The summed E-state index contributed by atoms with van der Waals surface area (Å²) >= 11 is 0. The van der Waals surface area contributed by atoms with Gasteiger partial charge in [0.15, 0.2) is 0 Å². The number of piperazine rings is 1. The van der Waals surface area contributed by atoms with Gasteiger partial charge in [-0.25, -0.2) is 13.2 Å². The fraction of sp³-hybridized carbons (Fsp3) is 0.429. The first-order chi connectivity index (χ1) is 16.1. The van der Waals surface area contributed by atoms with Gasteiger partial charge in [-0.15, -0.1) is 0 Å². The summed E-state index contributed by atoms with van der Waals surface area (Å²) in [5.41, 5.74) is 1.16. The highest BCUT2D eigenvalue weighted by Crippen LogP contribution is 2.24. The van der Waals surface area contributed by atoms with Gasteiger partial charge in [0.25, 0.3) is 11.6 Å². The van der Waals surface area contributed by atoms with Gasteiger partial charge in [0.1, 0.15) is 12.3 Å². The quantitative estimate of drug-likeness (QED) is 0.251. The van der Waals surface area contributed by atoms with Gasteiger partial charge < -0.3 is 19.4 Å². The van der Waals surface area contributed by atoms with Crippen molar-refractivity contribution in [1.29, 1.82) is 0 Å². The lowest BCUT2D eigenvalue weighted by Gasteiger charge is -2.33. The Kier molecular flexibility index (Phi) is 7.69. The summed E-state index contributed by atoms with van der Waals surface area (Å²) in [7, 11) is -2.46. The number of aromatic nitrogens is 1. The third kappa shape index (κ3) is 5.11. The van der Waals surface area contributed by atoms with Gasteiger partial charge in [-0.2, -0.15) is 4.31 Å². The van der Waals surface area contributed by atoms with E-state index >= 15 is 0 Å². The van der Waals surface area contributed by atoms with Crippen molar-refractivity contribution in [2.75, 3.05) is 46.5 Å². The molecule has 0 saturated carbocycles. The molecule has 1 amide bonds. The zero-order chi connectivity index (χ0) is 25.0. The largest absolute Gasteiger partial charge is 0.460 e. The fourth-order valence-corrected chi connectivity index (χ4v) is 5.22. The van der Waals surface area contributed by atoms with E-state index in [1.807, 2.05) is 0 Å². The number of aryl methyl sites for hydroxylation is 1. The van der Waals surface area contributed by atoms with Gasteiger partial charge in [0.2, 0.25) is 10.0 Å². The van der Waals surface area contributed by atoms with E-state index in [1.54, 1.807) is 13.8 Å². The Morgan fingerprint density at radius 3 is 2.44 bits per heavy atom. The van der Waals surface area contributed by atoms with Crippen LogP contribution in [-0.4, -0.2) is 85.9 Å². The van der Waals surface area contributed by atoms with Crippen LogP contribution in [-0.2, 0) is 19.5 Å². The molecule has 0 aliphatic carbocycles. The molecule has 34 heavy (non-hydrogen) atoms. The van der Waals surface area contributed by atoms with E-state index in [1.165, 1.54) is 34.5 Å². The van der Waals surface area contributed by atoms with Gasteiger partial charge in [-0.3, -0.25) is 14.9 Å². The number of carbonyl (C=O) groups is 2. The molecule has 1 fully saturated rings. The summed E-state index contributed by atoms with van der Waals surface area (Å²) in [6.07, 6.45) is 0. The van der Waals surface area contributed by atoms with Crippen molar-refractivity contribution >= 4 is 27.6 Å². The van der Waals surface area contributed by atoms with Gasteiger partial charge in [-0.1, -0.05) is 6.07 Å². The number of nitrogens with one attached hydrogen (secondary N) is 1. The number of amides is 1. The molecule has 2 heterocycles. The highest BCUT2D eigenvalue weighted by molar-refractivity contribution is 7.89. The number of non-ortho nitro benzene ring substituents is 1. The van der Waals surface area contributed by atoms with Crippen LogP contribution < -0.4 is 0 Å². The summed E-state index contributed by atoms with van der Waals surface area (Å²) in [6, 6.07) is 4.86. The van der Waals surface area contributed by atoms with E-state index < -0.39 is 20.9 Å². The molecule has 0 atom stereocenters. The van der Waals surface area contributed by atoms with Crippen LogP contribution in [0.1, 0.15) is 32.1 Å². The van der Waals surface area contributed by atoms with Crippen LogP contribution >= 0.6 is 0 Å². The number of aromatic amines is 1. The van der Waals surface area contributed by atoms with Crippen LogP contribution in [0.5, 0.6) is 0 Å². The van der Waals surface area contributed by atoms with Crippen LogP contribution in [0.2, 0.25) is 0 Å². The first-order valence-electron chi connectivity index (χ1n) is 10.5. The van der Waals surface area contributed by atoms with Crippen molar-refractivity contribution in [1.82, 2.24) is 14.2 Å². The number of benzene rings is 1. The van der Waals surface area contributed by atoms with Crippen molar-refractivity contribution in [3.8, 4) is 0 Å². The zero-order valence-electron chi connectivity index (χ0n) is 19.1. The van der Waals surface area contributed by atoms with E-state index in [4.69, 9.17) is 9.47 Å². The summed E-state index contributed by atoms with van der Waals surface area (Å²) < 4.78 is 37.1.